The number of carbonyl (C=O) groups excluding carboxylic acids is 2. The predicted octanol–water partition coefficient (Wildman–Crippen LogP) is 4.43. The van der Waals surface area contributed by atoms with Crippen molar-refractivity contribution in [3.63, 3.8) is 0 Å². The van der Waals surface area contributed by atoms with Gasteiger partial charge in [-0.05, 0) is 62.4 Å². The highest BCUT2D eigenvalue weighted by molar-refractivity contribution is 6.04. The molecule has 1 fully saturated rings. The second-order valence-electron chi connectivity index (χ2n) is 8.40. The number of benzene rings is 3. The number of nitrogens with one attached hydrogen (secondary N) is 1. The average molecular weight is 459 g/mol. The minimum atomic E-state index is -0.464. The van der Waals surface area contributed by atoms with Crippen LogP contribution in [0.15, 0.2) is 66.7 Å². The third-order valence-corrected chi connectivity index (χ3v) is 6.01. The zero-order valence-electron chi connectivity index (χ0n) is 19.2. The van der Waals surface area contributed by atoms with Crippen LogP contribution in [-0.4, -0.2) is 47.8 Å². The summed E-state index contributed by atoms with van der Waals surface area (Å²) in [6.07, 6.45) is 0. The van der Waals surface area contributed by atoms with Gasteiger partial charge in [0.1, 0.15) is 0 Å². The van der Waals surface area contributed by atoms with Crippen molar-refractivity contribution in [2.75, 3.05) is 36.4 Å². The summed E-state index contributed by atoms with van der Waals surface area (Å²) < 4.78 is 0. The summed E-state index contributed by atoms with van der Waals surface area (Å²) in [6, 6.07) is 19.5. The molecule has 0 unspecified atom stereocenters. The topological polar surface area (TPSA) is 95.8 Å². The highest BCUT2D eigenvalue weighted by Crippen LogP contribution is 2.22. The molecule has 0 bridgehead atoms. The van der Waals surface area contributed by atoms with Gasteiger partial charge in [-0.25, -0.2) is 0 Å². The van der Waals surface area contributed by atoms with Gasteiger partial charge >= 0.3 is 0 Å². The van der Waals surface area contributed by atoms with Crippen molar-refractivity contribution in [2.24, 2.45) is 0 Å². The smallest absolute Gasteiger partial charge is 0.272 e. The fraction of sp³-hybridized carbons (Fsp3) is 0.231. The molecule has 1 N–H and O–H groups in total. The van der Waals surface area contributed by atoms with Crippen LogP contribution in [0.1, 0.15) is 31.8 Å². The van der Waals surface area contributed by atoms with Gasteiger partial charge in [0.25, 0.3) is 17.5 Å². The molecule has 3 aromatic rings. The van der Waals surface area contributed by atoms with E-state index in [0.717, 1.165) is 24.3 Å². The van der Waals surface area contributed by atoms with E-state index in [1.807, 2.05) is 60.4 Å². The minimum absolute atomic E-state index is 0.0124. The van der Waals surface area contributed by atoms with Gasteiger partial charge < -0.3 is 15.1 Å². The van der Waals surface area contributed by atoms with Crippen LogP contribution >= 0.6 is 0 Å². The molecule has 0 saturated carbocycles. The second-order valence-corrected chi connectivity index (χ2v) is 8.40. The van der Waals surface area contributed by atoms with Crippen molar-refractivity contribution in [1.29, 1.82) is 0 Å². The molecular formula is C26H26N4O4. The lowest BCUT2D eigenvalue weighted by Gasteiger charge is -2.36. The molecule has 0 atom stereocenters. The van der Waals surface area contributed by atoms with Crippen molar-refractivity contribution >= 4 is 28.9 Å². The zero-order chi connectivity index (χ0) is 24.2. The molecule has 8 nitrogen and oxygen atoms in total. The van der Waals surface area contributed by atoms with Crippen LogP contribution in [0.5, 0.6) is 0 Å². The highest BCUT2D eigenvalue weighted by atomic mass is 16.6. The Morgan fingerprint density at radius 1 is 0.853 bits per heavy atom. The first-order chi connectivity index (χ1) is 16.3. The Morgan fingerprint density at radius 3 is 2.06 bits per heavy atom. The first kappa shape index (κ1) is 23.0. The molecule has 0 aliphatic carbocycles. The van der Waals surface area contributed by atoms with Crippen LogP contribution in [0.2, 0.25) is 0 Å². The summed E-state index contributed by atoms with van der Waals surface area (Å²) >= 11 is 0. The largest absolute Gasteiger partial charge is 0.368 e. The van der Waals surface area contributed by atoms with Crippen molar-refractivity contribution in [1.82, 2.24) is 4.90 Å². The number of nitrogens with zero attached hydrogens (tertiary/aromatic N) is 3. The van der Waals surface area contributed by atoms with Crippen LogP contribution < -0.4 is 10.2 Å². The van der Waals surface area contributed by atoms with E-state index in [1.165, 1.54) is 18.2 Å². The van der Waals surface area contributed by atoms with Crippen LogP contribution in [0.4, 0.5) is 17.1 Å². The van der Waals surface area contributed by atoms with E-state index in [4.69, 9.17) is 0 Å². The molecule has 1 aliphatic heterocycles. The number of hydrogen-bond donors (Lipinski definition) is 1. The van der Waals surface area contributed by atoms with Crippen molar-refractivity contribution in [3.05, 3.63) is 99.1 Å². The van der Waals surface area contributed by atoms with Gasteiger partial charge in [0.2, 0.25) is 0 Å². The molecule has 0 spiro atoms. The van der Waals surface area contributed by atoms with E-state index in [2.05, 4.69) is 10.2 Å². The molecule has 1 saturated heterocycles. The lowest BCUT2D eigenvalue weighted by atomic mass is 10.1. The molecule has 2 amide bonds. The summed E-state index contributed by atoms with van der Waals surface area (Å²) in [4.78, 5) is 39.9. The SMILES string of the molecule is Cc1ccc(C(=O)N2CCN(c3ccc(NC(=O)c4ccc([N+](=O)[O-])c(C)c4)cc3)CC2)cc1. The Kier molecular flexibility index (Phi) is 6.58. The molecule has 174 valence electrons. The first-order valence-electron chi connectivity index (χ1n) is 11.1. The van der Waals surface area contributed by atoms with E-state index in [-0.39, 0.29) is 17.5 Å². The normalized spacial score (nSPS) is 13.5. The van der Waals surface area contributed by atoms with Gasteiger partial charge in [-0.1, -0.05) is 17.7 Å². The van der Waals surface area contributed by atoms with Crippen molar-refractivity contribution in [3.8, 4) is 0 Å². The maximum Gasteiger partial charge on any atom is 0.272 e. The maximum absolute atomic E-state index is 12.7. The second kappa shape index (κ2) is 9.74. The monoisotopic (exact) mass is 458 g/mol. The zero-order valence-corrected chi connectivity index (χ0v) is 19.2. The number of nitro groups is 1. The Hall–Kier alpha value is -4.20. The Labute approximate surface area is 198 Å². The Bertz CT molecular complexity index is 1210. The minimum Gasteiger partial charge on any atom is -0.368 e. The fourth-order valence-corrected chi connectivity index (χ4v) is 4.01. The molecule has 8 heteroatoms. The van der Waals surface area contributed by atoms with Gasteiger partial charge in [0, 0.05) is 60.3 Å². The summed E-state index contributed by atoms with van der Waals surface area (Å²) in [6.45, 7) is 6.35. The van der Waals surface area contributed by atoms with E-state index >= 15 is 0 Å². The quantitative estimate of drug-likeness (QED) is 0.451. The Morgan fingerprint density at radius 2 is 1.47 bits per heavy atom. The molecule has 3 aromatic carbocycles. The number of anilines is 2. The maximum atomic E-state index is 12.7. The highest BCUT2D eigenvalue weighted by Gasteiger charge is 2.22. The number of amides is 2. The standard InChI is InChI=1S/C26H26N4O4/c1-18-3-5-20(6-4-18)26(32)29-15-13-28(14-16-29)23-10-8-22(9-11-23)27-25(31)21-7-12-24(30(33)34)19(2)17-21/h3-12,17H,13-16H2,1-2H3,(H,27,31). The van der Waals surface area contributed by atoms with Gasteiger partial charge in [-0.2, -0.15) is 0 Å². The summed E-state index contributed by atoms with van der Waals surface area (Å²) in [5, 5.41) is 13.8. The van der Waals surface area contributed by atoms with E-state index < -0.39 is 4.92 Å². The third kappa shape index (κ3) is 5.06. The van der Waals surface area contributed by atoms with Crippen molar-refractivity contribution < 1.29 is 14.5 Å². The summed E-state index contributed by atoms with van der Waals surface area (Å²) in [7, 11) is 0. The Balaban J connectivity index is 1.34. The lowest BCUT2D eigenvalue weighted by Crippen LogP contribution is -2.48. The molecule has 0 aromatic heterocycles. The van der Waals surface area contributed by atoms with E-state index in [9.17, 15) is 19.7 Å². The number of hydrogen-bond acceptors (Lipinski definition) is 5. The molecule has 0 radical (unpaired) electrons. The van der Waals surface area contributed by atoms with Crippen LogP contribution in [0.25, 0.3) is 0 Å². The summed E-state index contributed by atoms with van der Waals surface area (Å²) in [5.41, 5.74) is 4.28. The van der Waals surface area contributed by atoms with Gasteiger partial charge in [-0.15, -0.1) is 0 Å². The van der Waals surface area contributed by atoms with Crippen molar-refractivity contribution in [2.45, 2.75) is 13.8 Å². The van der Waals surface area contributed by atoms with Gasteiger partial charge in [0.15, 0.2) is 0 Å². The molecule has 1 heterocycles. The van der Waals surface area contributed by atoms with E-state index in [0.29, 0.717) is 35.5 Å². The molecule has 1 aliphatic rings. The fourth-order valence-electron chi connectivity index (χ4n) is 4.01. The lowest BCUT2D eigenvalue weighted by molar-refractivity contribution is -0.385. The number of carbonyl (C=O) groups is 2. The number of nitro benzene ring substituents is 1. The molecule has 4 rings (SSSR count). The number of rotatable bonds is 5. The number of aryl methyl sites for hydroxylation is 2. The third-order valence-electron chi connectivity index (χ3n) is 6.01. The molecular weight excluding hydrogens is 432 g/mol. The van der Waals surface area contributed by atoms with E-state index in [1.54, 1.807) is 6.92 Å². The number of piperazine rings is 1. The van der Waals surface area contributed by atoms with Gasteiger partial charge in [0.05, 0.1) is 4.92 Å². The average Bonchev–Trinajstić information content (AvgIpc) is 2.84. The van der Waals surface area contributed by atoms with Crippen LogP contribution in [0, 0.1) is 24.0 Å². The van der Waals surface area contributed by atoms with Gasteiger partial charge in [-0.3, -0.25) is 19.7 Å². The predicted molar refractivity (Wildman–Crippen MR) is 132 cm³/mol. The van der Waals surface area contributed by atoms with Crippen LogP contribution in [-0.2, 0) is 0 Å². The van der Waals surface area contributed by atoms with Crippen LogP contribution in [0.3, 0.4) is 0 Å². The summed E-state index contributed by atoms with van der Waals surface area (Å²) in [5.74, 6) is -0.270. The first-order valence-corrected chi connectivity index (χ1v) is 11.1. The molecule has 34 heavy (non-hydrogen) atoms.